The van der Waals surface area contributed by atoms with Gasteiger partial charge < -0.3 is 0 Å². The van der Waals surface area contributed by atoms with Gasteiger partial charge in [-0.05, 0) is 32.4 Å². The number of anilines is 1. The van der Waals surface area contributed by atoms with Gasteiger partial charge >= 0.3 is 0 Å². The summed E-state index contributed by atoms with van der Waals surface area (Å²) >= 11 is 0. The van der Waals surface area contributed by atoms with Crippen LogP contribution in [-0.2, 0) is 9.59 Å². The van der Waals surface area contributed by atoms with E-state index in [1.54, 1.807) is 0 Å². The molecule has 0 unspecified atom stereocenters. The SMILES string of the molecule is CCCCCCCC(=O)N(C(C)=O)c1ccc([N+](C)(CC)CC)cc1. The fraction of sp³-hybridized carbons (Fsp3) is 0.619. The average Bonchev–Trinajstić information content (AvgIpc) is 2.61. The molecule has 140 valence electrons. The van der Waals surface area contributed by atoms with E-state index in [1.165, 1.54) is 30.4 Å². The summed E-state index contributed by atoms with van der Waals surface area (Å²) in [6.45, 7) is 9.98. The number of unbranched alkanes of at least 4 members (excludes halogenated alkanes) is 4. The van der Waals surface area contributed by atoms with Crippen molar-refractivity contribution in [1.82, 2.24) is 4.48 Å². The second-order valence-electron chi connectivity index (χ2n) is 6.96. The fourth-order valence-corrected chi connectivity index (χ4v) is 3.04. The number of carbonyl (C=O) groups is 2. The molecule has 1 rings (SSSR count). The van der Waals surface area contributed by atoms with Crippen LogP contribution in [0.4, 0.5) is 11.4 Å². The Labute approximate surface area is 153 Å². The van der Waals surface area contributed by atoms with Crippen LogP contribution < -0.4 is 9.38 Å². The zero-order chi connectivity index (χ0) is 18.9. The van der Waals surface area contributed by atoms with Crippen LogP contribution in [0.5, 0.6) is 0 Å². The molecular formula is C21H35N2O2+. The summed E-state index contributed by atoms with van der Waals surface area (Å²) in [6.07, 6.45) is 5.88. The predicted octanol–water partition coefficient (Wildman–Crippen LogP) is 4.90. The molecule has 0 aliphatic heterocycles. The largest absolute Gasteiger partial charge is 0.294 e. The first-order valence-corrected chi connectivity index (χ1v) is 9.68. The molecule has 0 aliphatic carbocycles. The third-order valence-electron chi connectivity index (χ3n) is 5.19. The minimum Gasteiger partial charge on any atom is -0.294 e. The second kappa shape index (κ2) is 10.3. The van der Waals surface area contributed by atoms with Crippen LogP contribution in [-0.4, -0.2) is 32.0 Å². The molecule has 0 saturated heterocycles. The highest BCUT2D eigenvalue weighted by atomic mass is 16.2. The molecule has 2 amide bonds. The van der Waals surface area contributed by atoms with Crippen LogP contribution in [0.2, 0.25) is 0 Å². The number of imide groups is 1. The van der Waals surface area contributed by atoms with Gasteiger partial charge in [-0.2, -0.15) is 0 Å². The van der Waals surface area contributed by atoms with E-state index < -0.39 is 0 Å². The summed E-state index contributed by atoms with van der Waals surface area (Å²) in [5.41, 5.74) is 1.87. The Morgan fingerprint density at radius 1 is 0.920 bits per heavy atom. The lowest BCUT2D eigenvalue weighted by Crippen LogP contribution is -2.44. The first-order chi connectivity index (χ1) is 11.9. The Kier molecular flexibility index (Phi) is 8.84. The molecule has 0 N–H and O–H groups in total. The second-order valence-corrected chi connectivity index (χ2v) is 6.96. The van der Waals surface area contributed by atoms with Crippen molar-refractivity contribution in [1.29, 1.82) is 0 Å². The number of rotatable bonds is 10. The van der Waals surface area contributed by atoms with Crippen molar-refractivity contribution < 1.29 is 9.59 Å². The summed E-state index contributed by atoms with van der Waals surface area (Å²) in [5.74, 6) is -0.311. The summed E-state index contributed by atoms with van der Waals surface area (Å²) in [5, 5.41) is 0. The molecule has 0 spiro atoms. The van der Waals surface area contributed by atoms with Gasteiger partial charge in [-0.25, -0.2) is 0 Å². The smallest absolute Gasteiger partial charge is 0.233 e. The molecule has 0 atom stereocenters. The molecule has 0 aromatic heterocycles. The third-order valence-corrected chi connectivity index (χ3v) is 5.19. The minimum atomic E-state index is -0.213. The van der Waals surface area contributed by atoms with Gasteiger partial charge in [-0.15, -0.1) is 0 Å². The number of benzene rings is 1. The van der Waals surface area contributed by atoms with E-state index in [4.69, 9.17) is 0 Å². The van der Waals surface area contributed by atoms with Crippen molar-refractivity contribution in [2.75, 3.05) is 25.0 Å². The summed E-state index contributed by atoms with van der Waals surface area (Å²) < 4.78 is 0.839. The van der Waals surface area contributed by atoms with Crippen molar-refractivity contribution in [2.24, 2.45) is 0 Å². The molecule has 0 fully saturated rings. The van der Waals surface area contributed by atoms with Gasteiger partial charge in [0.05, 0.1) is 25.8 Å². The molecule has 0 bridgehead atoms. The van der Waals surface area contributed by atoms with Crippen LogP contribution in [0.15, 0.2) is 24.3 Å². The van der Waals surface area contributed by atoms with Gasteiger partial charge in [0.2, 0.25) is 11.8 Å². The lowest BCUT2D eigenvalue weighted by Gasteiger charge is -2.32. The Morgan fingerprint density at radius 3 is 1.96 bits per heavy atom. The van der Waals surface area contributed by atoms with Crippen LogP contribution in [0, 0.1) is 0 Å². The van der Waals surface area contributed by atoms with Crippen LogP contribution in [0.3, 0.4) is 0 Å². The Hall–Kier alpha value is -1.68. The predicted molar refractivity (Wildman–Crippen MR) is 107 cm³/mol. The first kappa shape index (κ1) is 21.4. The lowest BCUT2D eigenvalue weighted by atomic mass is 10.1. The van der Waals surface area contributed by atoms with E-state index in [-0.39, 0.29) is 11.8 Å². The molecule has 25 heavy (non-hydrogen) atoms. The quantitative estimate of drug-likeness (QED) is 0.446. The number of quaternary nitrogens is 1. The number of hydrogen-bond donors (Lipinski definition) is 0. The zero-order valence-corrected chi connectivity index (χ0v) is 16.7. The van der Waals surface area contributed by atoms with E-state index in [2.05, 4.69) is 27.8 Å². The lowest BCUT2D eigenvalue weighted by molar-refractivity contribution is -0.125. The number of nitrogens with zero attached hydrogens (tertiary/aromatic N) is 2. The fourth-order valence-electron chi connectivity index (χ4n) is 3.04. The van der Waals surface area contributed by atoms with Gasteiger partial charge in [0.1, 0.15) is 5.69 Å². The zero-order valence-electron chi connectivity index (χ0n) is 16.7. The highest BCUT2D eigenvalue weighted by molar-refractivity contribution is 6.14. The number of hydrogen-bond acceptors (Lipinski definition) is 2. The molecule has 0 heterocycles. The maximum absolute atomic E-state index is 12.5. The Balaban J connectivity index is 2.82. The van der Waals surface area contributed by atoms with Crippen LogP contribution in [0.1, 0.15) is 66.2 Å². The number of carbonyl (C=O) groups excluding carboxylic acids is 2. The molecular weight excluding hydrogens is 312 g/mol. The molecule has 1 aromatic rings. The molecule has 1 aromatic carbocycles. The van der Waals surface area contributed by atoms with E-state index >= 15 is 0 Å². The Morgan fingerprint density at radius 2 is 1.48 bits per heavy atom. The monoisotopic (exact) mass is 347 g/mol. The Bertz CT molecular complexity index is 548. The average molecular weight is 348 g/mol. The molecule has 0 saturated carbocycles. The standard InChI is InChI=1S/C21H35N2O2/c1-6-9-10-11-12-13-21(25)22(18(4)24)19-14-16-20(17-15-19)23(5,7-2)8-3/h14-17H,6-13H2,1-5H3/q+1. The normalized spacial score (nSPS) is 11.4. The van der Waals surface area contributed by atoms with Crippen molar-refractivity contribution in [3.8, 4) is 0 Å². The summed E-state index contributed by atoms with van der Waals surface area (Å²) in [4.78, 5) is 25.9. The van der Waals surface area contributed by atoms with E-state index in [1.807, 2.05) is 24.3 Å². The topological polar surface area (TPSA) is 37.4 Å². The van der Waals surface area contributed by atoms with E-state index in [0.29, 0.717) is 12.1 Å². The molecule has 4 heteroatoms. The highest BCUT2D eigenvalue weighted by Crippen LogP contribution is 2.25. The van der Waals surface area contributed by atoms with Crippen molar-refractivity contribution >= 4 is 23.2 Å². The third kappa shape index (κ3) is 5.96. The van der Waals surface area contributed by atoms with Gasteiger partial charge in [-0.1, -0.05) is 32.6 Å². The van der Waals surface area contributed by atoms with Gasteiger partial charge in [0.15, 0.2) is 0 Å². The minimum absolute atomic E-state index is 0.0972. The maximum atomic E-state index is 12.5. The molecule has 0 aliphatic rings. The van der Waals surface area contributed by atoms with Crippen molar-refractivity contribution in [3.63, 3.8) is 0 Å². The highest BCUT2D eigenvalue weighted by Gasteiger charge is 2.23. The molecule has 4 nitrogen and oxygen atoms in total. The summed E-state index contributed by atoms with van der Waals surface area (Å²) in [6, 6.07) is 7.86. The van der Waals surface area contributed by atoms with Gasteiger partial charge in [0, 0.05) is 25.5 Å². The van der Waals surface area contributed by atoms with Crippen molar-refractivity contribution in [3.05, 3.63) is 24.3 Å². The molecule has 0 radical (unpaired) electrons. The first-order valence-electron chi connectivity index (χ1n) is 9.68. The number of amides is 2. The van der Waals surface area contributed by atoms with E-state index in [9.17, 15) is 9.59 Å². The van der Waals surface area contributed by atoms with Gasteiger partial charge in [-0.3, -0.25) is 19.0 Å². The van der Waals surface area contributed by atoms with E-state index in [0.717, 1.165) is 36.8 Å². The van der Waals surface area contributed by atoms with Crippen LogP contribution in [0.25, 0.3) is 0 Å². The van der Waals surface area contributed by atoms with Crippen LogP contribution >= 0.6 is 0 Å². The maximum Gasteiger partial charge on any atom is 0.233 e. The van der Waals surface area contributed by atoms with Gasteiger partial charge in [0.25, 0.3) is 0 Å². The summed E-state index contributed by atoms with van der Waals surface area (Å²) in [7, 11) is 2.19. The van der Waals surface area contributed by atoms with Crippen molar-refractivity contribution in [2.45, 2.75) is 66.2 Å².